The zero-order chi connectivity index (χ0) is 13.9. The molecule has 1 atom stereocenters. The van der Waals surface area contributed by atoms with Crippen LogP contribution in [-0.2, 0) is 4.79 Å². The van der Waals surface area contributed by atoms with E-state index >= 15 is 0 Å². The Labute approximate surface area is 117 Å². The minimum absolute atomic E-state index is 0.112. The number of amides is 1. The number of carboxylic acid groups (broad SMARTS) is 1. The average molecular weight is 336 g/mol. The second-order valence-corrected chi connectivity index (χ2v) is 5.82. The van der Waals surface area contributed by atoms with Crippen LogP contribution in [0.15, 0.2) is 4.47 Å². The monoisotopic (exact) mass is 335 g/mol. The molecule has 0 aromatic carbocycles. The van der Waals surface area contributed by atoms with Crippen LogP contribution in [0.3, 0.4) is 0 Å². The summed E-state index contributed by atoms with van der Waals surface area (Å²) in [6.07, 6.45) is -0.112. The molecule has 1 rings (SSSR count). The van der Waals surface area contributed by atoms with Crippen LogP contribution in [-0.4, -0.2) is 30.1 Å². The summed E-state index contributed by atoms with van der Waals surface area (Å²) < 4.78 is 5.92. The molecule has 2 N–H and O–H groups in total. The summed E-state index contributed by atoms with van der Waals surface area (Å²) in [6, 6.07) is -0.430. The predicted octanol–water partition coefficient (Wildman–Crippen LogP) is 2.42. The number of aliphatic carboxylic acids is 1. The Balaban J connectivity index is 2.84. The fourth-order valence-electron chi connectivity index (χ4n) is 1.44. The van der Waals surface area contributed by atoms with Gasteiger partial charge >= 0.3 is 5.97 Å². The highest BCUT2D eigenvalue weighted by molar-refractivity contribution is 9.10. The van der Waals surface area contributed by atoms with E-state index in [2.05, 4.69) is 21.2 Å². The normalized spacial score (nSPS) is 12.0. The Kier molecular flexibility index (Phi) is 5.15. The van der Waals surface area contributed by atoms with Gasteiger partial charge in [-0.15, -0.1) is 11.3 Å². The third-order valence-corrected chi connectivity index (χ3v) is 4.54. The van der Waals surface area contributed by atoms with E-state index in [0.717, 1.165) is 9.35 Å². The molecule has 1 aromatic rings. The molecule has 0 saturated carbocycles. The van der Waals surface area contributed by atoms with Gasteiger partial charge in [-0.1, -0.05) is 0 Å². The molecular formula is C11H14BrNO4S. The fraction of sp³-hybridized carbons (Fsp3) is 0.455. The van der Waals surface area contributed by atoms with E-state index in [0.29, 0.717) is 10.6 Å². The molecule has 1 amide bonds. The largest absolute Gasteiger partial charge is 0.494 e. The van der Waals surface area contributed by atoms with E-state index in [-0.39, 0.29) is 12.3 Å². The van der Waals surface area contributed by atoms with Gasteiger partial charge in [0.25, 0.3) is 5.91 Å². The first-order valence-corrected chi connectivity index (χ1v) is 6.83. The van der Waals surface area contributed by atoms with Crippen molar-refractivity contribution < 1.29 is 19.4 Å². The number of ether oxygens (including phenoxy) is 1. The van der Waals surface area contributed by atoms with Crippen molar-refractivity contribution in [3.8, 4) is 5.75 Å². The van der Waals surface area contributed by atoms with Crippen molar-refractivity contribution in [3.05, 3.63) is 14.2 Å². The maximum absolute atomic E-state index is 12.0. The number of methoxy groups -OCH3 is 1. The lowest BCUT2D eigenvalue weighted by molar-refractivity contribution is -0.137. The first-order valence-electron chi connectivity index (χ1n) is 5.22. The smallest absolute Gasteiger partial charge is 0.305 e. The Hall–Kier alpha value is -1.08. The van der Waals surface area contributed by atoms with E-state index in [1.807, 2.05) is 6.92 Å². The predicted molar refractivity (Wildman–Crippen MR) is 72.5 cm³/mol. The second-order valence-electron chi connectivity index (χ2n) is 3.81. The number of hydrogen-bond acceptors (Lipinski definition) is 4. The number of thiophene rings is 1. The number of nitrogens with one attached hydrogen (secondary N) is 1. The lowest BCUT2D eigenvalue weighted by Crippen LogP contribution is -2.33. The van der Waals surface area contributed by atoms with E-state index < -0.39 is 12.0 Å². The van der Waals surface area contributed by atoms with Gasteiger partial charge in [0.2, 0.25) is 0 Å². The lowest BCUT2D eigenvalue weighted by atomic mass is 10.2. The van der Waals surface area contributed by atoms with Gasteiger partial charge < -0.3 is 15.2 Å². The van der Waals surface area contributed by atoms with Gasteiger partial charge in [-0.3, -0.25) is 9.59 Å². The van der Waals surface area contributed by atoms with Crippen molar-refractivity contribution in [3.63, 3.8) is 0 Å². The van der Waals surface area contributed by atoms with E-state index in [4.69, 9.17) is 9.84 Å². The second kappa shape index (κ2) is 6.19. The summed E-state index contributed by atoms with van der Waals surface area (Å²) in [5.74, 6) is -0.782. The molecule has 0 saturated heterocycles. The van der Waals surface area contributed by atoms with Crippen molar-refractivity contribution in [2.45, 2.75) is 26.3 Å². The number of carbonyl (C=O) groups is 2. The first kappa shape index (κ1) is 15.0. The van der Waals surface area contributed by atoms with Crippen molar-refractivity contribution in [2.24, 2.45) is 0 Å². The summed E-state index contributed by atoms with van der Waals surface area (Å²) >= 11 is 4.65. The Bertz CT molecular complexity index is 472. The Morgan fingerprint density at radius 3 is 2.67 bits per heavy atom. The van der Waals surface area contributed by atoms with Crippen molar-refractivity contribution in [2.75, 3.05) is 7.11 Å². The van der Waals surface area contributed by atoms with E-state index in [1.165, 1.54) is 18.4 Å². The Morgan fingerprint density at radius 2 is 2.17 bits per heavy atom. The molecule has 5 nitrogen and oxygen atoms in total. The SMILES string of the molecule is COc1c(C(=O)NC(C)CC(=O)O)sc(C)c1Br. The van der Waals surface area contributed by atoms with Crippen LogP contribution in [0.4, 0.5) is 0 Å². The molecule has 0 aliphatic heterocycles. The highest BCUT2D eigenvalue weighted by Gasteiger charge is 2.22. The zero-order valence-electron chi connectivity index (χ0n) is 10.2. The van der Waals surface area contributed by atoms with Gasteiger partial charge in [0.15, 0.2) is 5.75 Å². The summed E-state index contributed by atoms with van der Waals surface area (Å²) in [5, 5.41) is 11.3. The minimum atomic E-state index is -0.946. The number of rotatable bonds is 5. The van der Waals surface area contributed by atoms with E-state index in [9.17, 15) is 9.59 Å². The number of aryl methyl sites for hydroxylation is 1. The third-order valence-electron chi connectivity index (χ3n) is 2.24. The van der Waals surface area contributed by atoms with Crippen LogP contribution in [0.1, 0.15) is 27.9 Å². The van der Waals surface area contributed by atoms with Gasteiger partial charge in [-0.2, -0.15) is 0 Å². The molecule has 1 aromatic heterocycles. The number of hydrogen-bond donors (Lipinski definition) is 2. The van der Waals surface area contributed by atoms with Crippen molar-refractivity contribution in [1.29, 1.82) is 0 Å². The maximum Gasteiger partial charge on any atom is 0.305 e. The van der Waals surface area contributed by atoms with Crippen molar-refractivity contribution in [1.82, 2.24) is 5.32 Å². The van der Waals surface area contributed by atoms with Crippen molar-refractivity contribution >= 4 is 39.1 Å². The zero-order valence-corrected chi connectivity index (χ0v) is 12.6. The molecular weight excluding hydrogens is 322 g/mol. The minimum Gasteiger partial charge on any atom is -0.494 e. The summed E-state index contributed by atoms with van der Waals surface area (Å²) in [5.41, 5.74) is 0. The third kappa shape index (κ3) is 3.46. The quantitative estimate of drug-likeness (QED) is 0.866. The van der Waals surface area contributed by atoms with E-state index in [1.54, 1.807) is 6.92 Å². The standard InChI is InChI=1S/C11H14BrNO4S/c1-5(4-7(14)15)13-11(16)10-9(17-3)8(12)6(2)18-10/h5H,4H2,1-3H3,(H,13,16)(H,14,15). The van der Waals surface area contributed by atoms with Crippen LogP contribution in [0.25, 0.3) is 0 Å². The highest BCUT2D eigenvalue weighted by atomic mass is 79.9. The van der Waals surface area contributed by atoms with Crippen LogP contribution < -0.4 is 10.1 Å². The molecule has 0 aliphatic rings. The number of halogens is 1. The number of carboxylic acids is 1. The molecule has 18 heavy (non-hydrogen) atoms. The first-order chi connectivity index (χ1) is 8.36. The van der Waals surface area contributed by atoms with Crippen LogP contribution in [0.2, 0.25) is 0 Å². The lowest BCUT2D eigenvalue weighted by Gasteiger charge is -2.11. The summed E-state index contributed by atoms with van der Waals surface area (Å²) in [7, 11) is 1.49. The molecule has 0 spiro atoms. The topological polar surface area (TPSA) is 75.6 Å². The van der Waals surface area contributed by atoms with Crippen LogP contribution in [0.5, 0.6) is 5.75 Å². The summed E-state index contributed by atoms with van der Waals surface area (Å²) in [6.45, 7) is 3.52. The molecule has 1 unspecified atom stereocenters. The highest BCUT2D eigenvalue weighted by Crippen LogP contribution is 2.38. The number of carbonyl (C=O) groups excluding carboxylic acids is 1. The molecule has 0 fully saturated rings. The molecule has 0 radical (unpaired) electrons. The maximum atomic E-state index is 12.0. The van der Waals surface area contributed by atoms with Gasteiger partial charge in [-0.25, -0.2) is 0 Å². The fourth-order valence-corrected chi connectivity index (χ4v) is 3.09. The molecule has 1 heterocycles. The Morgan fingerprint density at radius 1 is 1.56 bits per heavy atom. The van der Waals surface area contributed by atoms with Gasteiger partial charge in [-0.05, 0) is 29.8 Å². The molecule has 0 aliphatic carbocycles. The summed E-state index contributed by atoms with van der Waals surface area (Å²) in [4.78, 5) is 23.9. The molecule has 100 valence electrons. The van der Waals surface area contributed by atoms with Gasteiger partial charge in [0.1, 0.15) is 4.88 Å². The average Bonchev–Trinajstić information content (AvgIpc) is 2.53. The molecule has 7 heteroatoms. The van der Waals surface area contributed by atoms with Crippen LogP contribution in [0, 0.1) is 6.92 Å². The van der Waals surface area contributed by atoms with Gasteiger partial charge in [0, 0.05) is 10.9 Å². The van der Waals surface area contributed by atoms with Gasteiger partial charge in [0.05, 0.1) is 18.0 Å². The van der Waals surface area contributed by atoms with Crippen LogP contribution >= 0.6 is 27.3 Å². The molecule has 0 bridgehead atoms.